The summed E-state index contributed by atoms with van der Waals surface area (Å²) in [6.45, 7) is 7.97. The van der Waals surface area contributed by atoms with Gasteiger partial charge in [0.15, 0.2) is 0 Å². The summed E-state index contributed by atoms with van der Waals surface area (Å²) in [5.41, 5.74) is 0. The molecule has 3 heteroatoms. The van der Waals surface area contributed by atoms with Gasteiger partial charge >= 0.3 is 0 Å². The maximum Gasteiger partial charge on any atom is 0.105 e. The molecule has 1 saturated heterocycles. The predicted octanol–water partition coefficient (Wildman–Crippen LogP) is 1.89. The highest BCUT2D eigenvalue weighted by atomic mass is 16.3. The van der Waals surface area contributed by atoms with Crippen LogP contribution in [0.4, 0.5) is 0 Å². The molecule has 0 aliphatic carbocycles. The monoisotopic (exact) mass is 222 g/mol. The zero-order chi connectivity index (χ0) is 11.4. The summed E-state index contributed by atoms with van der Waals surface area (Å²) in [6.07, 6.45) is 3.99. The minimum Gasteiger partial charge on any atom is -0.469 e. The number of furan rings is 1. The molecule has 1 aliphatic heterocycles. The summed E-state index contributed by atoms with van der Waals surface area (Å²) in [4.78, 5) is 2.56. The van der Waals surface area contributed by atoms with Crippen LogP contribution in [-0.4, -0.2) is 36.6 Å². The van der Waals surface area contributed by atoms with Gasteiger partial charge in [0.1, 0.15) is 5.76 Å². The fourth-order valence-electron chi connectivity index (χ4n) is 2.37. The minimum absolute atomic E-state index is 0.572. The topological polar surface area (TPSA) is 28.4 Å². The fourth-order valence-corrected chi connectivity index (χ4v) is 2.37. The van der Waals surface area contributed by atoms with Crippen molar-refractivity contribution in [2.45, 2.75) is 38.8 Å². The smallest absolute Gasteiger partial charge is 0.105 e. The Kier molecular flexibility index (Phi) is 4.02. The number of hydrogen-bond acceptors (Lipinski definition) is 3. The van der Waals surface area contributed by atoms with Crippen LogP contribution < -0.4 is 5.32 Å². The lowest BCUT2D eigenvalue weighted by molar-refractivity contribution is 0.146. The SMILES string of the molecule is CCC1CN(C(C)Cc2ccco2)CCN1. The number of hydrogen-bond donors (Lipinski definition) is 1. The molecule has 0 saturated carbocycles. The summed E-state index contributed by atoms with van der Waals surface area (Å²) >= 11 is 0. The second kappa shape index (κ2) is 5.51. The normalized spacial score (nSPS) is 24.5. The van der Waals surface area contributed by atoms with Gasteiger partial charge in [0.2, 0.25) is 0 Å². The van der Waals surface area contributed by atoms with Gasteiger partial charge < -0.3 is 9.73 Å². The Bertz CT molecular complexity index is 297. The molecule has 0 amide bonds. The molecular weight excluding hydrogens is 200 g/mol. The highest BCUT2D eigenvalue weighted by molar-refractivity contribution is 5.00. The van der Waals surface area contributed by atoms with E-state index in [2.05, 4.69) is 30.1 Å². The molecule has 0 bridgehead atoms. The molecular formula is C13H22N2O. The van der Waals surface area contributed by atoms with E-state index >= 15 is 0 Å². The zero-order valence-electron chi connectivity index (χ0n) is 10.3. The third-order valence-electron chi connectivity index (χ3n) is 3.48. The van der Waals surface area contributed by atoms with Gasteiger partial charge in [0.05, 0.1) is 6.26 Å². The maximum atomic E-state index is 5.41. The molecule has 0 spiro atoms. The molecule has 1 aromatic heterocycles. The number of nitrogens with one attached hydrogen (secondary N) is 1. The number of rotatable bonds is 4. The van der Waals surface area contributed by atoms with Crippen LogP contribution in [0.1, 0.15) is 26.0 Å². The lowest BCUT2D eigenvalue weighted by atomic mass is 10.1. The maximum absolute atomic E-state index is 5.41. The minimum atomic E-state index is 0.572. The summed E-state index contributed by atoms with van der Waals surface area (Å²) in [5.74, 6) is 1.10. The second-order valence-electron chi connectivity index (χ2n) is 4.69. The van der Waals surface area contributed by atoms with Crippen molar-refractivity contribution in [1.82, 2.24) is 10.2 Å². The summed E-state index contributed by atoms with van der Waals surface area (Å²) < 4.78 is 5.41. The first-order chi connectivity index (χ1) is 7.79. The standard InChI is InChI=1S/C13H22N2O/c1-3-12-10-15(7-6-14-12)11(2)9-13-5-4-8-16-13/h4-5,8,11-12,14H,3,6-7,9-10H2,1-2H3. The van der Waals surface area contributed by atoms with Crippen LogP contribution in [0, 0.1) is 0 Å². The van der Waals surface area contributed by atoms with E-state index in [4.69, 9.17) is 4.42 Å². The Labute approximate surface area is 97.8 Å². The highest BCUT2D eigenvalue weighted by Gasteiger charge is 2.22. The Morgan fingerprint density at radius 3 is 3.19 bits per heavy atom. The van der Waals surface area contributed by atoms with Crippen LogP contribution in [0.5, 0.6) is 0 Å². The van der Waals surface area contributed by atoms with Crippen molar-refractivity contribution in [3.8, 4) is 0 Å². The molecule has 0 radical (unpaired) electrons. The Morgan fingerprint density at radius 2 is 2.50 bits per heavy atom. The van der Waals surface area contributed by atoms with Crippen LogP contribution in [0.3, 0.4) is 0 Å². The van der Waals surface area contributed by atoms with Crippen LogP contribution in [0.25, 0.3) is 0 Å². The fraction of sp³-hybridized carbons (Fsp3) is 0.692. The van der Waals surface area contributed by atoms with Crippen molar-refractivity contribution in [2.24, 2.45) is 0 Å². The first-order valence-electron chi connectivity index (χ1n) is 6.29. The van der Waals surface area contributed by atoms with E-state index in [0.717, 1.165) is 25.3 Å². The van der Waals surface area contributed by atoms with E-state index in [1.807, 2.05) is 6.07 Å². The summed E-state index contributed by atoms with van der Waals surface area (Å²) in [6, 6.07) is 5.26. The van der Waals surface area contributed by atoms with E-state index in [0.29, 0.717) is 12.1 Å². The molecule has 2 unspecified atom stereocenters. The summed E-state index contributed by atoms with van der Waals surface area (Å²) in [5, 5.41) is 3.55. The molecule has 90 valence electrons. The first kappa shape index (κ1) is 11.7. The zero-order valence-corrected chi connectivity index (χ0v) is 10.3. The van der Waals surface area contributed by atoms with Gasteiger partial charge in [-0.1, -0.05) is 6.92 Å². The van der Waals surface area contributed by atoms with Gasteiger partial charge in [-0.25, -0.2) is 0 Å². The van der Waals surface area contributed by atoms with Gasteiger partial charge in [-0.15, -0.1) is 0 Å². The highest BCUT2D eigenvalue weighted by Crippen LogP contribution is 2.12. The third-order valence-corrected chi connectivity index (χ3v) is 3.48. The van der Waals surface area contributed by atoms with E-state index in [9.17, 15) is 0 Å². The van der Waals surface area contributed by atoms with E-state index in [1.165, 1.54) is 13.0 Å². The van der Waals surface area contributed by atoms with Gasteiger partial charge in [0, 0.05) is 38.1 Å². The van der Waals surface area contributed by atoms with E-state index in [-0.39, 0.29) is 0 Å². The largest absolute Gasteiger partial charge is 0.469 e. The molecule has 3 nitrogen and oxygen atoms in total. The number of nitrogens with zero attached hydrogens (tertiary/aromatic N) is 1. The molecule has 0 aromatic carbocycles. The van der Waals surface area contributed by atoms with Crippen molar-refractivity contribution >= 4 is 0 Å². The first-order valence-corrected chi connectivity index (χ1v) is 6.29. The Hall–Kier alpha value is -0.800. The average molecular weight is 222 g/mol. The second-order valence-corrected chi connectivity index (χ2v) is 4.69. The van der Waals surface area contributed by atoms with Crippen molar-refractivity contribution in [2.75, 3.05) is 19.6 Å². The molecule has 2 heterocycles. The summed E-state index contributed by atoms with van der Waals surface area (Å²) in [7, 11) is 0. The molecule has 1 aromatic rings. The lowest BCUT2D eigenvalue weighted by Gasteiger charge is -2.37. The molecule has 2 atom stereocenters. The van der Waals surface area contributed by atoms with Crippen LogP contribution in [-0.2, 0) is 6.42 Å². The molecule has 16 heavy (non-hydrogen) atoms. The van der Waals surface area contributed by atoms with E-state index < -0.39 is 0 Å². The molecule has 1 fully saturated rings. The van der Waals surface area contributed by atoms with Gasteiger partial charge in [-0.05, 0) is 25.5 Å². The van der Waals surface area contributed by atoms with Crippen LogP contribution >= 0.6 is 0 Å². The number of piperazine rings is 1. The van der Waals surface area contributed by atoms with Crippen LogP contribution in [0.15, 0.2) is 22.8 Å². The van der Waals surface area contributed by atoms with Gasteiger partial charge in [0.25, 0.3) is 0 Å². The molecule has 2 rings (SSSR count). The Balaban J connectivity index is 1.86. The Morgan fingerprint density at radius 1 is 1.62 bits per heavy atom. The average Bonchev–Trinajstić information content (AvgIpc) is 2.82. The lowest BCUT2D eigenvalue weighted by Crippen LogP contribution is -2.53. The van der Waals surface area contributed by atoms with Gasteiger partial charge in [-0.3, -0.25) is 4.90 Å². The quantitative estimate of drug-likeness (QED) is 0.843. The van der Waals surface area contributed by atoms with Gasteiger partial charge in [-0.2, -0.15) is 0 Å². The van der Waals surface area contributed by atoms with Crippen molar-refractivity contribution in [1.29, 1.82) is 0 Å². The predicted molar refractivity (Wildman–Crippen MR) is 65.5 cm³/mol. The van der Waals surface area contributed by atoms with Crippen LogP contribution in [0.2, 0.25) is 0 Å². The van der Waals surface area contributed by atoms with Crippen molar-refractivity contribution in [3.05, 3.63) is 24.2 Å². The third kappa shape index (κ3) is 2.86. The molecule has 1 N–H and O–H groups in total. The van der Waals surface area contributed by atoms with Crippen molar-refractivity contribution < 1.29 is 4.42 Å². The van der Waals surface area contributed by atoms with Crippen molar-refractivity contribution in [3.63, 3.8) is 0 Å². The van der Waals surface area contributed by atoms with E-state index in [1.54, 1.807) is 6.26 Å². The molecule has 1 aliphatic rings.